The van der Waals surface area contributed by atoms with Gasteiger partial charge in [-0.05, 0) is 11.6 Å². The molecule has 1 aromatic heterocycles. The molecule has 0 aliphatic heterocycles. The summed E-state index contributed by atoms with van der Waals surface area (Å²) >= 11 is 0. The van der Waals surface area contributed by atoms with E-state index in [0.29, 0.717) is 12.5 Å². The Kier molecular flexibility index (Phi) is 3.24. The molecule has 4 heteroatoms. The van der Waals surface area contributed by atoms with E-state index in [4.69, 9.17) is 5.73 Å². The molecule has 0 amide bonds. The maximum Gasteiger partial charge on any atom is 0.158 e. The van der Waals surface area contributed by atoms with Crippen LogP contribution in [0.3, 0.4) is 0 Å². The van der Waals surface area contributed by atoms with Crippen LogP contribution in [-0.4, -0.2) is 14.8 Å². The summed E-state index contributed by atoms with van der Waals surface area (Å²) in [5.74, 6) is 2.11. The fourth-order valence-corrected chi connectivity index (χ4v) is 1.74. The second kappa shape index (κ2) is 4.67. The van der Waals surface area contributed by atoms with E-state index in [1.54, 1.807) is 0 Å². The predicted molar refractivity (Wildman–Crippen MR) is 68.4 cm³/mol. The van der Waals surface area contributed by atoms with Crippen LogP contribution in [0.2, 0.25) is 0 Å². The molecule has 0 atom stereocenters. The zero-order valence-electron chi connectivity index (χ0n) is 10.5. The summed E-state index contributed by atoms with van der Waals surface area (Å²) in [5.41, 5.74) is 7.82. The van der Waals surface area contributed by atoms with Crippen LogP contribution in [0.15, 0.2) is 24.3 Å². The van der Waals surface area contributed by atoms with Gasteiger partial charge in [0.25, 0.3) is 0 Å². The molecule has 0 bridgehead atoms. The molecule has 17 heavy (non-hydrogen) atoms. The molecule has 2 rings (SSSR count). The Morgan fingerprint density at radius 3 is 2.71 bits per heavy atom. The summed E-state index contributed by atoms with van der Waals surface area (Å²) in [6.45, 7) is 4.73. The van der Waals surface area contributed by atoms with Crippen molar-refractivity contribution in [2.24, 2.45) is 12.8 Å². The van der Waals surface area contributed by atoms with Crippen LogP contribution in [0.1, 0.15) is 31.2 Å². The van der Waals surface area contributed by atoms with Gasteiger partial charge in [0.1, 0.15) is 0 Å². The average molecular weight is 230 g/mol. The molecule has 0 radical (unpaired) electrons. The van der Waals surface area contributed by atoms with E-state index >= 15 is 0 Å². The van der Waals surface area contributed by atoms with Crippen LogP contribution in [0.5, 0.6) is 0 Å². The zero-order valence-corrected chi connectivity index (χ0v) is 10.5. The molecule has 4 nitrogen and oxygen atoms in total. The average Bonchev–Trinajstić information content (AvgIpc) is 2.72. The Balaban J connectivity index is 2.45. The molecular formula is C13H18N4. The minimum atomic E-state index is 0.340. The largest absolute Gasteiger partial charge is 0.326 e. The first kappa shape index (κ1) is 11.8. The highest BCUT2D eigenvalue weighted by molar-refractivity contribution is 5.56. The van der Waals surface area contributed by atoms with Crippen LogP contribution >= 0.6 is 0 Å². The lowest BCUT2D eigenvalue weighted by Crippen LogP contribution is -1.98. The fourth-order valence-electron chi connectivity index (χ4n) is 1.74. The Hall–Kier alpha value is -1.68. The topological polar surface area (TPSA) is 56.7 Å². The quantitative estimate of drug-likeness (QED) is 0.878. The van der Waals surface area contributed by atoms with Crippen molar-refractivity contribution in [2.45, 2.75) is 26.3 Å². The molecule has 0 fully saturated rings. The normalized spacial score (nSPS) is 11.1. The lowest BCUT2D eigenvalue weighted by molar-refractivity contribution is 0.712. The Bertz CT molecular complexity index is 514. The smallest absolute Gasteiger partial charge is 0.158 e. The van der Waals surface area contributed by atoms with Crippen molar-refractivity contribution in [1.82, 2.24) is 14.8 Å². The van der Waals surface area contributed by atoms with E-state index in [2.05, 4.69) is 30.0 Å². The molecule has 0 aliphatic carbocycles. The zero-order chi connectivity index (χ0) is 12.4. The predicted octanol–water partition coefficient (Wildman–Crippen LogP) is 2.06. The summed E-state index contributed by atoms with van der Waals surface area (Å²) in [6, 6.07) is 8.12. The van der Waals surface area contributed by atoms with Crippen LogP contribution in [0.4, 0.5) is 0 Å². The third kappa shape index (κ3) is 2.36. The van der Waals surface area contributed by atoms with Crippen LogP contribution in [-0.2, 0) is 13.6 Å². The summed E-state index contributed by atoms with van der Waals surface area (Å²) in [6.07, 6.45) is 0. The van der Waals surface area contributed by atoms with Gasteiger partial charge in [0.05, 0.1) is 0 Å². The van der Waals surface area contributed by atoms with Crippen molar-refractivity contribution in [1.29, 1.82) is 0 Å². The van der Waals surface area contributed by atoms with Gasteiger partial charge in [-0.2, -0.15) is 5.10 Å². The van der Waals surface area contributed by atoms with Crippen LogP contribution in [0.25, 0.3) is 11.4 Å². The third-order valence-corrected chi connectivity index (χ3v) is 2.72. The summed E-state index contributed by atoms with van der Waals surface area (Å²) in [5, 5.41) is 4.42. The number of aromatic nitrogens is 3. The van der Waals surface area contributed by atoms with E-state index in [1.165, 1.54) is 0 Å². The number of hydrogen-bond acceptors (Lipinski definition) is 3. The number of nitrogens with zero attached hydrogens (tertiary/aromatic N) is 3. The molecule has 1 aromatic carbocycles. The first-order chi connectivity index (χ1) is 8.11. The van der Waals surface area contributed by atoms with Gasteiger partial charge in [-0.25, -0.2) is 9.67 Å². The summed E-state index contributed by atoms with van der Waals surface area (Å²) in [7, 11) is 1.92. The minimum Gasteiger partial charge on any atom is -0.326 e. The number of nitrogens with two attached hydrogens (primary N) is 1. The van der Waals surface area contributed by atoms with Gasteiger partial charge in [-0.1, -0.05) is 32.0 Å². The van der Waals surface area contributed by atoms with Crippen molar-refractivity contribution in [2.75, 3.05) is 0 Å². The molecule has 2 N–H and O–H groups in total. The van der Waals surface area contributed by atoms with Crippen LogP contribution < -0.4 is 5.73 Å². The van der Waals surface area contributed by atoms with Crippen molar-refractivity contribution >= 4 is 0 Å². The van der Waals surface area contributed by atoms with E-state index in [9.17, 15) is 0 Å². The van der Waals surface area contributed by atoms with Gasteiger partial charge in [0, 0.05) is 25.1 Å². The molecular weight excluding hydrogens is 212 g/mol. The lowest BCUT2D eigenvalue weighted by Gasteiger charge is -2.02. The molecule has 0 saturated carbocycles. The third-order valence-electron chi connectivity index (χ3n) is 2.72. The Labute approximate surface area is 101 Å². The molecule has 0 aliphatic rings. The second-order valence-electron chi connectivity index (χ2n) is 4.48. The molecule has 90 valence electrons. The number of benzene rings is 1. The number of hydrogen-bond donors (Lipinski definition) is 1. The summed E-state index contributed by atoms with van der Waals surface area (Å²) < 4.78 is 1.82. The second-order valence-corrected chi connectivity index (χ2v) is 4.48. The van der Waals surface area contributed by atoms with Crippen molar-refractivity contribution in [3.05, 3.63) is 35.7 Å². The minimum absolute atomic E-state index is 0.340. The highest BCUT2D eigenvalue weighted by Gasteiger charge is 2.11. The van der Waals surface area contributed by atoms with Crippen LogP contribution in [0, 0.1) is 0 Å². The number of rotatable bonds is 3. The Morgan fingerprint density at radius 2 is 2.12 bits per heavy atom. The lowest BCUT2D eigenvalue weighted by atomic mass is 10.1. The molecule has 2 aromatic rings. The van der Waals surface area contributed by atoms with E-state index in [0.717, 1.165) is 22.8 Å². The first-order valence-electron chi connectivity index (χ1n) is 5.82. The number of aryl methyl sites for hydroxylation is 1. The van der Waals surface area contributed by atoms with E-state index < -0.39 is 0 Å². The first-order valence-corrected chi connectivity index (χ1v) is 5.82. The molecule has 0 unspecified atom stereocenters. The van der Waals surface area contributed by atoms with Gasteiger partial charge in [0.2, 0.25) is 0 Å². The monoisotopic (exact) mass is 230 g/mol. The fraction of sp³-hybridized carbons (Fsp3) is 0.385. The van der Waals surface area contributed by atoms with E-state index in [-0.39, 0.29) is 0 Å². The molecule has 0 saturated heterocycles. The van der Waals surface area contributed by atoms with Gasteiger partial charge >= 0.3 is 0 Å². The maximum absolute atomic E-state index is 5.65. The van der Waals surface area contributed by atoms with Crippen molar-refractivity contribution < 1.29 is 0 Å². The SMILES string of the molecule is CC(C)c1nc(-c2cccc(CN)c2)n(C)n1. The highest BCUT2D eigenvalue weighted by atomic mass is 15.3. The maximum atomic E-state index is 5.65. The van der Waals surface area contributed by atoms with Crippen molar-refractivity contribution in [3.8, 4) is 11.4 Å². The molecule has 0 spiro atoms. The highest BCUT2D eigenvalue weighted by Crippen LogP contribution is 2.20. The van der Waals surface area contributed by atoms with E-state index in [1.807, 2.05) is 29.9 Å². The molecule has 1 heterocycles. The van der Waals surface area contributed by atoms with Gasteiger partial charge in [-0.15, -0.1) is 0 Å². The van der Waals surface area contributed by atoms with Gasteiger partial charge in [0.15, 0.2) is 11.6 Å². The van der Waals surface area contributed by atoms with Gasteiger partial charge < -0.3 is 5.73 Å². The summed E-state index contributed by atoms with van der Waals surface area (Å²) in [4.78, 5) is 4.57. The Morgan fingerprint density at radius 1 is 1.35 bits per heavy atom. The van der Waals surface area contributed by atoms with Crippen molar-refractivity contribution in [3.63, 3.8) is 0 Å². The van der Waals surface area contributed by atoms with Gasteiger partial charge in [-0.3, -0.25) is 0 Å². The standard InChI is InChI=1S/C13H18N4/c1-9(2)12-15-13(17(3)16-12)11-6-4-5-10(7-11)8-14/h4-7,9H,8,14H2,1-3H3.